The Balaban J connectivity index is 1.52. The van der Waals surface area contributed by atoms with E-state index in [0.717, 1.165) is 41.4 Å². The van der Waals surface area contributed by atoms with Crippen LogP contribution in [0.15, 0.2) is 41.9 Å². The van der Waals surface area contributed by atoms with Gasteiger partial charge in [0.1, 0.15) is 5.01 Å². The first kappa shape index (κ1) is 17.5. The molecule has 0 saturated carbocycles. The summed E-state index contributed by atoms with van der Waals surface area (Å²) in [5.41, 5.74) is 2.79. The van der Waals surface area contributed by atoms with Crippen LogP contribution in [0.25, 0.3) is 0 Å². The van der Waals surface area contributed by atoms with Gasteiger partial charge >= 0.3 is 0 Å². The topological polar surface area (TPSA) is 50.7 Å². The van der Waals surface area contributed by atoms with Crippen molar-refractivity contribution in [3.8, 4) is 0 Å². The van der Waals surface area contributed by atoms with Crippen molar-refractivity contribution in [3.05, 3.63) is 75.0 Å². The molecule has 3 aromatic heterocycles. The molecule has 0 radical (unpaired) electrons. The van der Waals surface area contributed by atoms with E-state index in [1.807, 2.05) is 30.3 Å². The molecule has 0 amide bonds. The largest absolute Gasteiger partial charge is 0.300 e. The van der Waals surface area contributed by atoms with E-state index >= 15 is 0 Å². The summed E-state index contributed by atoms with van der Waals surface area (Å²) in [5, 5.41) is 6.49. The number of halogens is 2. The van der Waals surface area contributed by atoms with Crippen LogP contribution in [0.3, 0.4) is 0 Å². The van der Waals surface area contributed by atoms with Crippen LogP contribution in [-0.4, -0.2) is 15.0 Å². The van der Waals surface area contributed by atoms with Gasteiger partial charge in [-0.25, -0.2) is 4.98 Å². The Bertz CT molecular complexity index is 901. The van der Waals surface area contributed by atoms with Crippen molar-refractivity contribution in [3.63, 3.8) is 0 Å². The van der Waals surface area contributed by atoms with Gasteiger partial charge in [-0.15, -0.1) is 11.3 Å². The lowest BCUT2D eigenvalue weighted by atomic mass is 9.94. The Morgan fingerprint density at radius 2 is 2.04 bits per heavy atom. The van der Waals surface area contributed by atoms with E-state index < -0.39 is 5.95 Å². The number of hydrogen-bond acceptors (Lipinski definition) is 5. The zero-order valence-electron chi connectivity index (χ0n) is 14.0. The Hall–Kier alpha value is -1.89. The van der Waals surface area contributed by atoms with E-state index in [2.05, 4.69) is 15.3 Å². The third-order valence-electron chi connectivity index (χ3n) is 4.55. The lowest BCUT2D eigenvalue weighted by molar-refractivity contribution is 0.321. The van der Waals surface area contributed by atoms with Crippen LogP contribution < -0.4 is 5.32 Å². The number of hydrogen-bond donors (Lipinski definition) is 1. The molecule has 134 valence electrons. The van der Waals surface area contributed by atoms with Gasteiger partial charge in [-0.2, -0.15) is 4.39 Å². The van der Waals surface area contributed by atoms with Crippen LogP contribution in [0, 0.1) is 5.95 Å². The van der Waals surface area contributed by atoms with Gasteiger partial charge in [0.15, 0.2) is 0 Å². The van der Waals surface area contributed by atoms with Gasteiger partial charge in [-0.1, -0.05) is 17.7 Å². The molecule has 4 rings (SSSR count). The fraction of sp³-hybridized carbons (Fsp3) is 0.316. The Morgan fingerprint density at radius 3 is 2.85 bits per heavy atom. The molecule has 1 aliphatic rings. The summed E-state index contributed by atoms with van der Waals surface area (Å²) in [5.74, 6) is -0.426. The first-order chi connectivity index (χ1) is 12.7. The normalized spacial score (nSPS) is 20.2. The van der Waals surface area contributed by atoms with Crippen molar-refractivity contribution >= 4 is 22.9 Å². The van der Waals surface area contributed by atoms with E-state index in [4.69, 9.17) is 16.6 Å². The second-order valence-electron chi connectivity index (χ2n) is 6.37. The molecule has 0 bridgehead atoms. The van der Waals surface area contributed by atoms with Crippen molar-refractivity contribution in [1.82, 2.24) is 20.3 Å². The summed E-state index contributed by atoms with van der Waals surface area (Å²) in [6.45, 7) is 0. The van der Waals surface area contributed by atoms with Gasteiger partial charge in [0, 0.05) is 29.7 Å². The van der Waals surface area contributed by atoms with Gasteiger partial charge in [-0.05, 0) is 43.5 Å². The van der Waals surface area contributed by atoms with E-state index in [-0.39, 0.29) is 12.1 Å². The van der Waals surface area contributed by atoms with E-state index in [0.29, 0.717) is 11.4 Å². The summed E-state index contributed by atoms with van der Waals surface area (Å²) in [7, 11) is 0. The molecule has 0 aliphatic carbocycles. The van der Waals surface area contributed by atoms with Crippen LogP contribution in [0.4, 0.5) is 4.39 Å². The molecular weight excluding hydrogens is 371 g/mol. The molecule has 0 spiro atoms. The Morgan fingerprint density at radius 1 is 1.15 bits per heavy atom. The van der Waals surface area contributed by atoms with Crippen molar-refractivity contribution in [1.29, 1.82) is 0 Å². The molecule has 0 unspecified atom stereocenters. The van der Waals surface area contributed by atoms with E-state index in [1.54, 1.807) is 6.20 Å². The average molecular weight is 389 g/mol. The first-order valence-corrected chi connectivity index (χ1v) is 9.87. The van der Waals surface area contributed by atoms with Crippen molar-refractivity contribution in [2.45, 2.75) is 37.8 Å². The smallest absolute Gasteiger partial charge is 0.223 e. The van der Waals surface area contributed by atoms with E-state index in [9.17, 15) is 4.39 Å². The number of pyridine rings is 2. The summed E-state index contributed by atoms with van der Waals surface area (Å²) in [6, 6.07) is 9.99. The highest BCUT2D eigenvalue weighted by atomic mass is 35.5. The van der Waals surface area contributed by atoms with Gasteiger partial charge in [0.05, 0.1) is 22.5 Å². The predicted molar refractivity (Wildman–Crippen MR) is 101 cm³/mol. The predicted octanol–water partition coefficient (Wildman–Crippen LogP) is 4.87. The van der Waals surface area contributed by atoms with Crippen molar-refractivity contribution < 1.29 is 4.39 Å². The number of rotatable bonds is 4. The highest BCUT2D eigenvalue weighted by Gasteiger charge is 2.26. The maximum atomic E-state index is 13.1. The molecule has 2 atom stereocenters. The van der Waals surface area contributed by atoms with E-state index in [1.165, 1.54) is 16.7 Å². The molecule has 3 aromatic rings. The maximum Gasteiger partial charge on any atom is 0.223 e. The number of thiazole rings is 1. The van der Waals surface area contributed by atoms with Crippen LogP contribution in [-0.2, 0) is 6.42 Å². The fourth-order valence-electron chi connectivity index (χ4n) is 3.35. The van der Waals surface area contributed by atoms with Crippen LogP contribution in [0.1, 0.15) is 53.4 Å². The minimum Gasteiger partial charge on any atom is -0.300 e. The molecule has 26 heavy (non-hydrogen) atoms. The second-order valence-corrected chi connectivity index (χ2v) is 7.72. The van der Waals surface area contributed by atoms with Crippen molar-refractivity contribution in [2.75, 3.05) is 0 Å². The third kappa shape index (κ3) is 3.92. The third-order valence-corrected chi connectivity index (χ3v) is 5.69. The molecule has 7 heteroatoms. The first-order valence-electron chi connectivity index (χ1n) is 8.61. The van der Waals surface area contributed by atoms with Crippen LogP contribution in [0.2, 0.25) is 5.02 Å². The van der Waals surface area contributed by atoms with Gasteiger partial charge < -0.3 is 5.32 Å². The molecule has 1 saturated heterocycles. The van der Waals surface area contributed by atoms with Crippen molar-refractivity contribution in [2.24, 2.45) is 0 Å². The Labute approximate surface area is 160 Å². The lowest BCUT2D eigenvalue weighted by Crippen LogP contribution is -2.32. The number of nitrogens with one attached hydrogen (secondary N) is 1. The molecule has 1 N–H and O–H groups in total. The molecule has 4 heterocycles. The van der Waals surface area contributed by atoms with Crippen LogP contribution >= 0.6 is 22.9 Å². The quantitative estimate of drug-likeness (QED) is 0.692. The number of piperidine rings is 1. The van der Waals surface area contributed by atoms with Crippen LogP contribution in [0.5, 0.6) is 0 Å². The summed E-state index contributed by atoms with van der Waals surface area (Å²) >= 11 is 7.63. The minimum absolute atomic E-state index is 0.126. The molecular formula is C19H18ClFN4S. The second kappa shape index (κ2) is 7.78. The number of aromatic nitrogens is 3. The molecule has 4 nitrogen and oxygen atoms in total. The van der Waals surface area contributed by atoms with Gasteiger partial charge in [0.25, 0.3) is 0 Å². The van der Waals surface area contributed by atoms with Gasteiger partial charge in [-0.3, -0.25) is 9.97 Å². The standard InChI is InChI=1S/C19H18ClFN4S/c20-13-5-3-9-22-19(13)16-8-2-7-15(24-16)14-6-1-4-12(23-14)10-18-25-17(21)11-26-18/h1,3-6,9,11,15-16,24H,2,7-8,10H2/t15-,16+/m1/s1. The zero-order valence-corrected chi connectivity index (χ0v) is 15.6. The average Bonchev–Trinajstić information content (AvgIpc) is 3.07. The monoisotopic (exact) mass is 388 g/mol. The minimum atomic E-state index is -0.426. The molecule has 0 aromatic carbocycles. The number of nitrogens with zero attached hydrogens (tertiary/aromatic N) is 3. The summed E-state index contributed by atoms with van der Waals surface area (Å²) in [4.78, 5) is 13.1. The van der Waals surface area contributed by atoms with Gasteiger partial charge in [0.2, 0.25) is 5.95 Å². The summed E-state index contributed by atoms with van der Waals surface area (Å²) < 4.78 is 13.1. The molecule has 1 aliphatic heterocycles. The SMILES string of the molecule is Fc1csc(Cc2cccc([C@H]3CCC[C@@H](c4ncccc4Cl)N3)n2)n1. The molecule has 1 fully saturated rings. The Kier molecular flexibility index (Phi) is 5.24. The highest BCUT2D eigenvalue weighted by Crippen LogP contribution is 2.33. The lowest BCUT2D eigenvalue weighted by Gasteiger charge is -2.31. The highest BCUT2D eigenvalue weighted by molar-refractivity contribution is 7.09. The summed E-state index contributed by atoms with van der Waals surface area (Å²) in [6.07, 6.45) is 5.43. The zero-order chi connectivity index (χ0) is 17.9. The fourth-order valence-corrected chi connectivity index (χ4v) is 4.26. The maximum absolute atomic E-state index is 13.1.